The van der Waals surface area contributed by atoms with E-state index in [-0.39, 0.29) is 24.4 Å². The highest BCUT2D eigenvalue weighted by Gasteiger charge is 2.44. The number of urea groups is 1. The first-order valence-electron chi connectivity index (χ1n) is 9.54. The molecular formula is C22H23N3O3. The van der Waals surface area contributed by atoms with Crippen LogP contribution in [0.15, 0.2) is 48.5 Å². The van der Waals surface area contributed by atoms with E-state index in [2.05, 4.69) is 11.4 Å². The minimum Gasteiger partial charge on any atom is -0.348 e. The van der Waals surface area contributed by atoms with Gasteiger partial charge in [-0.15, -0.1) is 0 Å². The molecule has 2 unspecified atom stereocenters. The Morgan fingerprint density at radius 1 is 1.11 bits per heavy atom. The van der Waals surface area contributed by atoms with E-state index >= 15 is 0 Å². The number of hydrogen-bond acceptors (Lipinski definition) is 3. The number of amides is 4. The van der Waals surface area contributed by atoms with Crippen molar-refractivity contribution in [2.45, 2.75) is 38.8 Å². The fraction of sp³-hybridized carbons (Fsp3) is 0.318. The van der Waals surface area contributed by atoms with Crippen LogP contribution in [0, 0.1) is 6.92 Å². The summed E-state index contributed by atoms with van der Waals surface area (Å²) in [5, 5.41) is 2.98. The molecule has 2 aliphatic rings. The number of carbonyl (C=O) groups is 3. The van der Waals surface area contributed by atoms with E-state index in [0.717, 1.165) is 28.9 Å². The van der Waals surface area contributed by atoms with E-state index in [0.29, 0.717) is 5.69 Å². The molecule has 1 heterocycles. The Morgan fingerprint density at radius 3 is 2.57 bits per heavy atom. The van der Waals surface area contributed by atoms with Crippen LogP contribution in [0.1, 0.15) is 36.1 Å². The lowest BCUT2D eigenvalue weighted by Crippen LogP contribution is -2.42. The van der Waals surface area contributed by atoms with Gasteiger partial charge in [-0.05, 0) is 49.9 Å². The molecule has 2 atom stereocenters. The van der Waals surface area contributed by atoms with Crippen molar-refractivity contribution in [3.8, 4) is 0 Å². The smallest absolute Gasteiger partial charge is 0.332 e. The molecule has 6 heteroatoms. The van der Waals surface area contributed by atoms with Crippen LogP contribution >= 0.6 is 0 Å². The molecule has 0 spiro atoms. The predicted molar refractivity (Wildman–Crippen MR) is 106 cm³/mol. The molecule has 1 aliphatic heterocycles. The summed E-state index contributed by atoms with van der Waals surface area (Å²) in [5.41, 5.74) is 4.08. The van der Waals surface area contributed by atoms with E-state index in [4.69, 9.17) is 0 Å². The van der Waals surface area contributed by atoms with Crippen LogP contribution in [0.25, 0.3) is 0 Å². The summed E-state index contributed by atoms with van der Waals surface area (Å²) < 4.78 is 0. The molecule has 144 valence electrons. The molecule has 1 N–H and O–H groups in total. The molecule has 6 nitrogen and oxygen atoms in total. The summed E-state index contributed by atoms with van der Waals surface area (Å²) in [4.78, 5) is 40.5. The molecular weight excluding hydrogens is 354 g/mol. The van der Waals surface area contributed by atoms with Crippen LogP contribution in [-0.2, 0) is 16.0 Å². The maximum atomic E-state index is 12.8. The number of carbonyl (C=O) groups excluding carboxylic acids is 3. The van der Waals surface area contributed by atoms with Crippen molar-refractivity contribution in [3.05, 3.63) is 65.2 Å². The van der Waals surface area contributed by atoms with Gasteiger partial charge in [-0.25, -0.2) is 4.79 Å². The number of hydrogen-bond donors (Lipinski definition) is 1. The number of nitrogens with zero attached hydrogens (tertiary/aromatic N) is 2. The molecule has 0 aromatic heterocycles. The highest BCUT2D eigenvalue weighted by Crippen LogP contribution is 2.31. The lowest BCUT2D eigenvalue weighted by molar-refractivity contribution is -0.132. The highest BCUT2D eigenvalue weighted by molar-refractivity contribution is 6.15. The van der Waals surface area contributed by atoms with Gasteiger partial charge >= 0.3 is 6.03 Å². The molecule has 0 radical (unpaired) electrons. The van der Waals surface area contributed by atoms with Gasteiger partial charge in [0.2, 0.25) is 5.91 Å². The number of nitrogens with one attached hydrogen (secondary N) is 1. The normalized spacial score (nSPS) is 21.2. The molecule has 1 saturated heterocycles. The number of rotatable bonds is 4. The van der Waals surface area contributed by atoms with Gasteiger partial charge in [-0.3, -0.25) is 19.4 Å². The van der Waals surface area contributed by atoms with Crippen LogP contribution in [0.2, 0.25) is 0 Å². The minimum atomic E-state index is -0.629. The molecule has 1 aliphatic carbocycles. The predicted octanol–water partition coefficient (Wildman–Crippen LogP) is 2.96. The molecule has 4 amide bonds. The first-order chi connectivity index (χ1) is 13.5. The van der Waals surface area contributed by atoms with E-state index in [1.807, 2.05) is 49.4 Å². The van der Waals surface area contributed by atoms with Crippen LogP contribution in [0.4, 0.5) is 10.5 Å². The van der Waals surface area contributed by atoms with Gasteiger partial charge in [-0.1, -0.05) is 42.0 Å². The summed E-state index contributed by atoms with van der Waals surface area (Å²) in [6.45, 7) is 3.39. The fourth-order valence-electron chi connectivity index (χ4n) is 4.00. The molecule has 0 saturated carbocycles. The van der Waals surface area contributed by atoms with Gasteiger partial charge in [0, 0.05) is 5.69 Å². The zero-order chi connectivity index (χ0) is 19.8. The molecule has 4 rings (SSSR count). The third kappa shape index (κ3) is 3.15. The summed E-state index contributed by atoms with van der Waals surface area (Å²) in [7, 11) is 0. The standard InChI is InChI=1S/C22H23N3O3/c1-14-7-10-17(11-8-14)25-15(2)21(27)24(22(25)28)13-20(26)23-19-12-9-16-5-3-4-6-18(16)19/h3-8,10-11,15,19H,9,12-13H2,1-2H3,(H,23,26). The number of benzene rings is 2. The molecule has 0 bridgehead atoms. The van der Waals surface area contributed by atoms with Gasteiger partial charge in [0.15, 0.2) is 0 Å². The third-order valence-electron chi connectivity index (χ3n) is 5.53. The van der Waals surface area contributed by atoms with Crippen LogP contribution in [0.3, 0.4) is 0 Å². The lowest BCUT2D eigenvalue weighted by Gasteiger charge is -2.20. The van der Waals surface area contributed by atoms with Crippen molar-refractivity contribution in [2.24, 2.45) is 0 Å². The first-order valence-corrected chi connectivity index (χ1v) is 9.54. The molecule has 2 aromatic carbocycles. The van der Waals surface area contributed by atoms with Crippen molar-refractivity contribution in [2.75, 3.05) is 11.4 Å². The Labute approximate surface area is 164 Å². The van der Waals surface area contributed by atoms with Crippen molar-refractivity contribution in [1.82, 2.24) is 10.2 Å². The van der Waals surface area contributed by atoms with Gasteiger partial charge < -0.3 is 5.32 Å². The minimum absolute atomic E-state index is 0.0675. The van der Waals surface area contributed by atoms with Crippen LogP contribution in [-0.4, -0.2) is 35.3 Å². The van der Waals surface area contributed by atoms with Crippen molar-refractivity contribution >= 4 is 23.5 Å². The Bertz CT molecular complexity index is 938. The summed E-state index contributed by atoms with van der Waals surface area (Å²) in [5.74, 6) is -0.672. The SMILES string of the molecule is Cc1ccc(N2C(=O)N(CC(=O)NC3CCc4ccccc43)C(=O)C2C)cc1. The largest absolute Gasteiger partial charge is 0.348 e. The van der Waals surface area contributed by atoms with E-state index in [9.17, 15) is 14.4 Å². The number of fused-ring (bicyclic) bond motifs is 1. The van der Waals surface area contributed by atoms with E-state index in [1.54, 1.807) is 6.92 Å². The van der Waals surface area contributed by atoms with Crippen molar-refractivity contribution < 1.29 is 14.4 Å². The second-order valence-electron chi connectivity index (χ2n) is 7.45. The van der Waals surface area contributed by atoms with E-state index < -0.39 is 12.1 Å². The van der Waals surface area contributed by atoms with Crippen LogP contribution in [0.5, 0.6) is 0 Å². The zero-order valence-electron chi connectivity index (χ0n) is 16.0. The van der Waals surface area contributed by atoms with Gasteiger partial charge in [0.1, 0.15) is 12.6 Å². The summed E-state index contributed by atoms with van der Waals surface area (Å²) >= 11 is 0. The Balaban J connectivity index is 1.46. The van der Waals surface area contributed by atoms with Crippen LogP contribution < -0.4 is 10.2 Å². The Morgan fingerprint density at radius 2 is 1.82 bits per heavy atom. The van der Waals surface area contributed by atoms with E-state index in [1.165, 1.54) is 10.5 Å². The van der Waals surface area contributed by atoms with Gasteiger partial charge in [-0.2, -0.15) is 0 Å². The second kappa shape index (κ2) is 7.11. The average Bonchev–Trinajstić information content (AvgIpc) is 3.18. The second-order valence-corrected chi connectivity index (χ2v) is 7.45. The summed E-state index contributed by atoms with van der Waals surface area (Å²) in [6, 6.07) is 14.3. The first kappa shape index (κ1) is 18.2. The Kier molecular flexibility index (Phi) is 4.63. The number of anilines is 1. The van der Waals surface area contributed by atoms with Crippen molar-refractivity contribution in [1.29, 1.82) is 0 Å². The lowest BCUT2D eigenvalue weighted by atomic mass is 10.1. The average molecular weight is 377 g/mol. The summed E-state index contributed by atoms with van der Waals surface area (Å²) in [6.07, 6.45) is 1.75. The monoisotopic (exact) mass is 377 g/mol. The van der Waals surface area contributed by atoms with Gasteiger partial charge in [0.05, 0.1) is 6.04 Å². The number of aryl methyl sites for hydroxylation is 2. The maximum Gasteiger partial charge on any atom is 0.332 e. The number of imide groups is 1. The third-order valence-corrected chi connectivity index (χ3v) is 5.53. The maximum absolute atomic E-state index is 12.8. The highest BCUT2D eigenvalue weighted by atomic mass is 16.2. The Hall–Kier alpha value is -3.15. The molecule has 1 fully saturated rings. The fourth-order valence-corrected chi connectivity index (χ4v) is 4.00. The van der Waals surface area contributed by atoms with Crippen molar-refractivity contribution in [3.63, 3.8) is 0 Å². The molecule has 2 aromatic rings. The van der Waals surface area contributed by atoms with Gasteiger partial charge in [0.25, 0.3) is 5.91 Å². The molecule has 28 heavy (non-hydrogen) atoms. The zero-order valence-corrected chi connectivity index (χ0v) is 16.0. The topological polar surface area (TPSA) is 69.7 Å². The quantitative estimate of drug-likeness (QED) is 0.833.